The van der Waals surface area contributed by atoms with Gasteiger partial charge in [-0.2, -0.15) is 4.98 Å². The second-order valence-corrected chi connectivity index (χ2v) is 4.92. The molecule has 0 saturated heterocycles. The van der Waals surface area contributed by atoms with E-state index >= 15 is 0 Å². The number of amides is 1. The number of carbonyl (C=O) groups excluding carboxylic acids is 1. The zero-order valence-electron chi connectivity index (χ0n) is 10.9. The number of carbonyl (C=O) groups is 1. The van der Waals surface area contributed by atoms with E-state index in [-0.39, 0.29) is 5.75 Å². The molecule has 3 aromatic rings. The van der Waals surface area contributed by atoms with Crippen molar-refractivity contribution in [1.29, 1.82) is 0 Å². The number of pyridine rings is 1. The van der Waals surface area contributed by atoms with E-state index in [0.29, 0.717) is 29.3 Å². The van der Waals surface area contributed by atoms with E-state index in [1.807, 2.05) is 6.07 Å². The topological polar surface area (TPSA) is 89.9 Å². The largest absolute Gasteiger partial charge is 0.504 e. The van der Waals surface area contributed by atoms with Crippen LogP contribution in [0.5, 0.6) is 17.4 Å². The fourth-order valence-electron chi connectivity index (χ4n) is 2.57. The third kappa shape index (κ3) is 1.66. The number of para-hydroxylation sites is 1. The van der Waals surface area contributed by atoms with Gasteiger partial charge in [-0.3, -0.25) is 9.20 Å². The molecule has 0 bridgehead atoms. The van der Waals surface area contributed by atoms with Gasteiger partial charge in [0.2, 0.25) is 11.8 Å². The van der Waals surface area contributed by atoms with Gasteiger partial charge in [-0.15, -0.1) is 0 Å². The smallest absolute Gasteiger partial charge is 0.250 e. The summed E-state index contributed by atoms with van der Waals surface area (Å²) in [4.78, 5) is 15.7. The van der Waals surface area contributed by atoms with Crippen molar-refractivity contribution in [3.8, 4) is 17.4 Å². The zero-order valence-corrected chi connectivity index (χ0v) is 10.9. The lowest BCUT2D eigenvalue weighted by Crippen LogP contribution is -2.12. The highest BCUT2D eigenvalue weighted by atomic mass is 16.5. The van der Waals surface area contributed by atoms with Crippen LogP contribution >= 0.6 is 0 Å². The Labute approximate surface area is 119 Å². The van der Waals surface area contributed by atoms with Crippen LogP contribution < -0.4 is 10.5 Å². The van der Waals surface area contributed by atoms with Crippen molar-refractivity contribution in [2.45, 2.75) is 6.42 Å². The monoisotopic (exact) mass is 281 g/mol. The summed E-state index contributed by atoms with van der Waals surface area (Å²) in [6.45, 7) is 0. The molecule has 2 aromatic heterocycles. The minimum absolute atomic E-state index is 0.0908. The summed E-state index contributed by atoms with van der Waals surface area (Å²) >= 11 is 0. The SMILES string of the molecule is NC(=O)c1ccc2nc3c(n2c1)Cc1cccc(O)c1O3. The summed E-state index contributed by atoms with van der Waals surface area (Å²) in [7, 11) is 0. The molecule has 3 heterocycles. The van der Waals surface area contributed by atoms with Gasteiger partial charge in [0, 0.05) is 18.2 Å². The molecule has 0 fully saturated rings. The molecule has 3 N–H and O–H groups in total. The van der Waals surface area contributed by atoms with E-state index in [2.05, 4.69) is 4.98 Å². The number of hydrogen-bond donors (Lipinski definition) is 2. The van der Waals surface area contributed by atoms with Crippen molar-refractivity contribution in [3.05, 3.63) is 53.3 Å². The molecule has 6 nitrogen and oxygen atoms in total. The molecule has 104 valence electrons. The number of imidazole rings is 1. The predicted molar refractivity (Wildman–Crippen MR) is 74.7 cm³/mol. The molecule has 21 heavy (non-hydrogen) atoms. The molecular formula is C15H11N3O3. The first-order valence-corrected chi connectivity index (χ1v) is 6.43. The van der Waals surface area contributed by atoms with Crippen molar-refractivity contribution < 1.29 is 14.6 Å². The Hall–Kier alpha value is -3.02. The van der Waals surface area contributed by atoms with Gasteiger partial charge >= 0.3 is 0 Å². The fourth-order valence-corrected chi connectivity index (χ4v) is 2.57. The van der Waals surface area contributed by atoms with Crippen molar-refractivity contribution in [3.63, 3.8) is 0 Å². The average molecular weight is 281 g/mol. The molecule has 0 unspecified atom stereocenters. The van der Waals surface area contributed by atoms with Gasteiger partial charge in [0.05, 0.1) is 11.3 Å². The number of phenols is 1. The third-order valence-electron chi connectivity index (χ3n) is 3.60. The molecule has 1 aromatic carbocycles. The Morgan fingerprint density at radius 1 is 1.33 bits per heavy atom. The minimum Gasteiger partial charge on any atom is -0.504 e. The molecule has 1 aliphatic rings. The Balaban J connectivity index is 1.92. The standard InChI is InChI=1S/C15H11N3O3/c16-14(20)9-4-5-12-17-15-10(18(12)7-9)6-8-2-1-3-11(19)13(8)21-15/h1-5,7,19H,6H2,(H2,16,20). The Bertz CT molecular complexity index is 899. The van der Waals surface area contributed by atoms with Crippen LogP contribution in [0, 0.1) is 0 Å². The Morgan fingerprint density at radius 2 is 2.19 bits per heavy atom. The molecule has 0 radical (unpaired) electrons. The van der Waals surface area contributed by atoms with Crippen LogP contribution in [0.2, 0.25) is 0 Å². The van der Waals surface area contributed by atoms with Gasteiger partial charge < -0.3 is 15.6 Å². The number of nitrogens with zero attached hydrogens (tertiary/aromatic N) is 2. The molecule has 1 amide bonds. The lowest BCUT2D eigenvalue weighted by atomic mass is 10.1. The zero-order chi connectivity index (χ0) is 14.6. The van der Waals surface area contributed by atoms with Crippen molar-refractivity contribution in [1.82, 2.24) is 9.38 Å². The van der Waals surface area contributed by atoms with Crippen molar-refractivity contribution in [2.24, 2.45) is 5.73 Å². The number of phenolic OH excluding ortho intramolecular Hbond substituents is 1. The van der Waals surface area contributed by atoms with Gasteiger partial charge in [0.15, 0.2) is 11.5 Å². The van der Waals surface area contributed by atoms with Gasteiger partial charge in [-0.1, -0.05) is 12.1 Å². The summed E-state index contributed by atoms with van der Waals surface area (Å²) < 4.78 is 7.49. The number of nitrogens with two attached hydrogens (primary N) is 1. The third-order valence-corrected chi connectivity index (χ3v) is 3.60. The van der Waals surface area contributed by atoms with Crippen LogP contribution in [0.3, 0.4) is 0 Å². The number of aromatic hydroxyl groups is 1. The lowest BCUT2D eigenvalue weighted by molar-refractivity contribution is 0.1000. The maximum atomic E-state index is 11.3. The molecule has 4 rings (SSSR count). The second kappa shape index (κ2) is 3.99. The molecule has 1 aliphatic heterocycles. The van der Waals surface area contributed by atoms with E-state index in [9.17, 15) is 9.90 Å². The minimum atomic E-state index is -0.492. The maximum absolute atomic E-state index is 11.3. The highest BCUT2D eigenvalue weighted by Gasteiger charge is 2.24. The van der Waals surface area contributed by atoms with Gasteiger partial charge in [-0.25, -0.2) is 0 Å². The van der Waals surface area contributed by atoms with Crippen LogP contribution in [-0.4, -0.2) is 20.4 Å². The average Bonchev–Trinajstić information content (AvgIpc) is 2.82. The molecule has 6 heteroatoms. The van der Waals surface area contributed by atoms with E-state index < -0.39 is 5.91 Å². The summed E-state index contributed by atoms with van der Waals surface area (Å²) in [6, 6.07) is 8.56. The maximum Gasteiger partial charge on any atom is 0.250 e. The first-order valence-electron chi connectivity index (χ1n) is 6.43. The number of benzene rings is 1. The van der Waals surface area contributed by atoms with Crippen LogP contribution in [0.1, 0.15) is 21.6 Å². The van der Waals surface area contributed by atoms with Crippen molar-refractivity contribution in [2.75, 3.05) is 0 Å². The lowest BCUT2D eigenvalue weighted by Gasteiger charge is -2.17. The number of primary amides is 1. The fraction of sp³-hybridized carbons (Fsp3) is 0.0667. The normalized spacial score (nSPS) is 12.6. The highest BCUT2D eigenvalue weighted by molar-refractivity contribution is 5.92. The van der Waals surface area contributed by atoms with E-state index in [0.717, 1.165) is 11.3 Å². The molecule has 0 aliphatic carbocycles. The van der Waals surface area contributed by atoms with E-state index in [4.69, 9.17) is 10.5 Å². The summed E-state index contributed by atoms with van der Waals surface area (Å²) in [6.07, 6.45) is 2.21. The highest BCUT2D eigenvalue weighted by Crippen LogP contribution is 2.41. The second-order valence-electron chi connectivity index (χ2n) is 4.92. The Morgan fingerprint density at radius 3 is 3.00 bits per heavy atom. The van der Waals surface area contributed by atoms with Gasteiger partial charge in [0.1, 0.15) is 5.65 Å². The van der Waals surface area contributed by atoms with E-state index in [1.54, 1.807) is 34.9 Å². The molecule has 0 saturated carbocycles. The molecule has 0 spiro atoms. The van der Waals surface area contributed by atoms with Gasteiger partial charge in [-0.05, 0) is 18.2 Å². The van der Waals surface area contributed by atoms with Crippen molar-refractivity contribution >= 4 is 11.6 Å². The summed E-state index contributed by atoms with van der Waals surface area (Å²) in [5, 5.41) is 9.85. The number of hydrogen-bond acceptors (Lipinski definition) is 4. The van der Waals surface area contributed by atoms with Crippen LogP contribution in [0.4, 0.5) is 0 Å². The quantitative estimate of drug-likeness (QED) is 0.557. The predicted octanol–water partition coefficient (Wildman–Crippen LogP) is 1.84. The van der Waals surface area contributed by atoms with Gasteiger partial charge in [0.25, 0.3) is 0 Å². The molecular weight excluding hydrogens is 270 g/mol. The molecule has 0 atom stereocenters. The summed E-state index contributed by atoms with van der Waals surface area (Å²) in [5.74, 6) is 0.469. The van der Waals surface area contributed by atoms with Crippen LogP contribution in [0.25, 0.3) is 5.65 Å². The first-order chi connectivity index (χ1) is 10.1. The first kappa shape index (κ1) is 11.8. The van der Waals surface area contributed by atoms with Crippen LogP contribution in [-0.2, 0) is 6.42 Å². The Kier molecular flexibility index (Phi) is 2.24. The van der Waals surface area contributed by atoms with Crippen LogP contribution in [0.15, 0.2) is 36.5 Å². The van der Waals surface area contributed by atoms with E-state index in [1.165, 1.54) is 0 Å². The number of rotatable bonds is 1. The number of aromatic nitrogens is 2. The number of ether oxygens (including phenoxy) is 1. The summed E-state index contributed by atoms with van der Waals surface area (Å²) in [5.41, 5.74) is 8.07. The number of fused-ring (bicyclic) bond motifs is 4.